The third kappa shape index (κ3) is 42.0. The van der Waals surface area contributed by atoms with Crippen LogP contribution in [-0.4, -0.2) is 40.4 Å². The number of nitrogens with two attached hydrogens (primary N) is 1. The summed E-state index contributed by atoms with van der Waals surface area (Å²) in [6.07, 6.45) is 45.6. The Morgan fingerprint density at radius 3 is 0.938 bits per heavy atom. The van der Waals surface area contributed by atoms with Crippen molar-refractivity contribution in [2.75, 3.05) is 26.9 Å². The van der Waals surface area contributed by atoms with E-state index in [1.807, 2.05) is 0 Å². The molecule has 6 nitrogen and oxygen atoms in total. The first kappa shape index (κ1) is 49.9. The average Bonchev–Trinajstić information content (AvgIpc) is 3.09. The molecule has 48 heavy (non-hydrogen) atoms. The van der Waals surface area contributed by atoms with Gasteiger partial charge in [0.1, 0.15) is 0 Å². The second-order valence-corrected chi connectivity index (χ2v) is 15.6. The van der Waals surface area contributed by atoms with E-state index in [2.05, 4.69) is 19.6 Å². The molecule has 7 heteroatoms. The van der Waals surface area contributed by atoms with Crippen LogP contribution in [0.25, 0.3) is 0 Å². The first-order valence-electron chi connectivity index (χ1n) is 21.3. The van der Waals surface area contributed by atoms with Crippen LogP contribution in [0.5, 0.6) is 0 Å². The summed E-state index contributed by atoms with van der Waals surface area (Å²) in [6.45, 7) is 4.19. The lowest BCUT2D eigenvalue weighted by molar-refractivity contribution is 0.151. The van der Waals surface area contributed by atoms with E-state index in [0.717, 1.165) is 25.7 Å². The molecular weight excluding hydrogens is 619 g/mol. The second kappa shape index (κ2) is 43.0. The molecule has 0 unspecified atom stereocenters. The quantitative estimate of drug-likeness (QED) is 0.0616. The Morgan fingerprint density at radius 1 is 0.438 bits per heavy atom. The van der Waals surface area contributed by atoms with Crippen molar-refractivity contribution in [2.45, 2.75) is 232 Å². The summed E-state index contributed by atoms with van der Waals surface area (Å²) in [7, 11) is -2.52. The van der Waals surface area contributed by atoms with E-state index < -0.39 is 10.4 Å². The maximum Gasteiger partial charge on any atom is 0.399 e. The van der Waals surface area contributed by atoms with E-state index in [4.69, 9.17) is 13.5 Å². The topological polar surface area (TPSA) is 98.9 Å². The molecule has 0 saturated heterocycles. The van der Waals surface area contributed by atoms with Gasteiger partial charge in [0, 0.05) is 0 Å². The maximum atomic E-state index is 12.0. The predicted molar refractivity (Wildman–Crippen MR) is 210 cm³/mol. The molecule has 0 aromatic carbocycles. The van der Waals surface area contributed by atoms with Gasteiger partial charge in [0.05, 0.1) is 19.8 Å². The van der Waals surface area contributed by atoms with Gasteiger partial charge in [-0.3, -0.25) is 0 Å². The Balaban J connectivity index is 0. The summed E-state index contributed by atoms with van der Waals surface area (Å²) in [4.78, 5) is 0. The maximum absolute atomic E-state index is 12.0. The molecule has 0 bridgehead atoms. The fourth-order valence-electron chi connectivity index (χ4n) is 6.63. The highest BCUT2D eigenvalue weighted by Crippen LogP contribution is 2.22. The van der Waals surface area contributed by atoms with Crippen molar-refractivity contribution in [1.29, 1.82) is 0 Å². The number of aliphatic hydroxyl groups is 1. The van der Waals surface area contributed by atoms with E-state index in [1.54, 1.807) is 0 Å². The van der Waals surface area contributed by atoms with Gasteiger partial charge >= 0.3 is 10.4 Å². The zero-order chi connectivity index (χ0) is 35.7. The van der Waals surface area contributed by atoms with Gasteiger partial charge in [0.2, 0.25) is 0 Å². The smallest absolute Gasteiger partial charge is 0.394 e. The number of aliphatic hydroxyl groups excluding tert-OH is 1. The second-order valence-electron chi connectivity index (χ2n) is 14.3. The lowest BCUT2D eigenvalue weighted by Crippen LogP contribution is -2.18. The molecule has 0 aromatic rings. The molecule has 0 radical (unpaired) electrons. The van der Waals surface area contributed by atoms with Crippen LogP contribution < -0.4 is 5.73 Å². The van der Waals surface area contributed by atoms with Crippen LogP contribution in [0.3, 0.4) is 0 Å². The molecular formula is C41H87NO5S. The summed E-state index contributed by atoms with van der Waals surface area (Å²) in [6, 6.07) is 0. The highest BCUT2D eigenvalue weighted by atomic mass is 32.3. The standard InChI is InChI=1S/C40H82O5S.CH5N/c1-3-5-7-9-11-13-15-17-19-21-23-25-27-29-31-33-35-40(39-45-46(42,43)44-38-37-41)36-34-32-30-28-26-24-22-20-18-16-14-12-10-8-6-4-2;1-2/h40-41H,3-39H2,1-2H3;2H2,1H3. The van der Waals surface area contributed by atoms with Gasteiger partial charge in [-0.2, -0.15) is 8.42 Å². The van der Waals surface area contributed by atoms with Crippen LogP contribution in [0.1, 0.15) is 232 Å². The Hall–Kier alpha value is -0.210. The van der Waals surface area contributed by atoms with Crippen molar-refractivity contribution in [3.63, 3.8) is 0 Å². The monoisotopic (exact) mass is 706 g/mol. The van der Waals surface area contributed by atoms with Crippen LogP contribution in [-0.2, 0) is 18.8 Å². The van der Waals surface area contributed by atoms with Crippen LogP contribution in [0.4, 0.5) is 0 Å². The molecule has 0 aromatic heterocycles. The van der Waals surface area contributed by atoms with E-state index in [9.17, 15) is 8.42 Å². The SMILES string of the molecule is CCCCCCCCCCCCCCCCCCC(CCCCCCCCCCCCCCCCCC)COS(=O)(=O)OCCO.CN. The number of hydrogen-bond donors (Lipinski definition) is 2. The first-order chi connectivity index (χ1) is 23.6. The van der Waals surface area contributed by atoms with E-state index >= 15 is 0 Å². The van der Waals surface area contributed by atoms with E-state index in [1.165, 1.54) is 200 Å². The number of hydrogen-bond acceptors (Lipinski definition) is 6. The Morgan fingerprint density at radius 2 is 0.688 bits per heavy atom. The molecule has 3 N–H and O–H groups in total. The largest absolute Gasteiger partial charge is 0.399 e. The number of rotatable bonds is 40. The molecule has 0 aliphatic carbocycles. The molecule has 0 spiro atoms. The third-order valence-corrected chi connectivity index (χ3v) is 10.6. The van der Waals surface area contributed by atoms with Crippen LogP contribution in [0, 0.1) is 5.92 Å². The van der Waals surface area contributed by atoms with Crippen LogP contribution in [0.15, 0.2) is 0 Å². The lowest BCUT2D eigenvalue weighted by Gasteiger charge is -2.17. The third-order valence-electron chi connectivity index (χ3n) is 9.70. The molecule has 0 aliphatic heterocycles. The highest BCUT2D eigenvalue weighted by molar-refractivity contribution is 7.81. The summed E-state index contributed by atoms with van der Waals surface area (Å²) in [5.74, 6) is 0.255. The average molecular weight is 706 g/mol. The molecule has 0 atom stereocenters. The van der Waals surface area contributed by atoms with Gasteiger partial charge in [-0.15, -0.1) is 0 Å². The predicted octanol–water partition coefficient (Wildman–Crippen LogP) is 12.8. The molecule has 0 amide bonds. The van der Waals surface area contributed by atoms with Crippen molar-refractivity contribution in [3.05, 3.63) is 0 Å². The normalized spacial score (nSPS) is 11.7. The molecule has 0 aliphatic rings. The van der Waals surface area contributed by atoms with Crippen molar-refractivity contribution in [3.8, 4) is 0 Å². The van der Waals surface area contributed by atoms with Gasteiger partial charge in [0.25, 0.3) is 0 Å². The molecule has 0 fully saturated rings. The Kier molecular flexibility index (Phi) is 44.7. The van der Waals surface area contributed by atoms with Gasteiger partial charge in [0.15, 0.2) is 0 Å². The van der Waals surface area contributed by atoms with Gasteiger partial charge < -0.3 is 10.8 Å². The van der Waals surface area contributed by atoms with Crippen molar-refractivity contribution >= 4 is 10.4 Å². The minimum atomic E-state index is -4.02. The summed E-state index contributed by atoms with van der Waals surface area (Å²) in [5, 5.41) is 8.88. The fraction of sp³-hybridized carbons (Fsp3) is 1.00. The zero-order valence-corrected chi connectivity index (χ0v) is 33.6. The Bertz CT molecular complexity index is 640. The molecule has 0 saturated carbocycles. The van der Waals surface area contributed by atoms with Gasteiger partial charge in [-0.1, -0.05) is 219 Å². The van der Waals surface area contributed by atoms with Crippen molar-refractivity contribution in [1.82, 2.24) is 0 Å². The van der Waals surface area contributed by atoms with Gasteiger partial charge in [-0.05, 0) is 25.8 Å². The summed E-state index contributed by atoms with van der Waals surface area (Å²) < 4.78 is 33.9. The molecule has 0 heterocycles. The van der Waals surface area contributed by atoms with Crippen LogP contribution in [0.2, 0.25) is 0 Å². The fourth-order valence-corrected chi connectivity index (χ4v) is 7.33. The van der Waals surface area contributed by atoms with Crippen molar-refractivity contribution in [2.24, 2.45) is 11.7 Å². The first-order valence-corrected chi connectivity index (χ1v) is 22.6. The van der Waals surface area contributed by atoms with Gasteiger partial charge in [-0.25, -0.2) is 8.37 Å². The van der Waals surface area contributed by atoms with Crippen molar-refractivity contribution < 1.29 is 21.9 Å². The zero-order valence-electron chi connectivity index (χ0n) is 32.8. The van der Waals surface area contributed by atoms with Crippen LogP contribution >= 0.6 is 0 Å². The number of unbranched alkanes of at least 4 members (excludes halogenated alkanes) is 30. The molecule has 0 rings (SSSR count). The van der Waals surface area contributed by atoms with E-state index in [0.29, 0.717) is 0 Å². The van der Waals surface area contributed by atoms with E-state index in [-0.39, 0.29) is 25.7 Å². The minimum absolute atomic E-state index is 0.200. The highest BCUT2D eigenvalue weighted by Gasteiger charge is 2.17. The summed E-state index contributed by atoms with van der Waals surface area (Å²) >= 11 is 0. The lowest BCUT2D eigenvalue weighted by atomic mass is 9.94. The summed E-state index contributed by atoms with van der Waals surface area (Å²) in [5.41, 5.74) is 4.50. The molecule has 292 valence electrons. The minimum Gasteiger partial charge on any atom is -0.394 e. The Labute approximate surface area is 302 Å².